The molecule has 51 heavy (non-hydrogen) atoms. The van der Waals surface area contributed by atoms with Crippen molar-refractivity contribution in [1.29, 1.82) is 0 Å². The normalized spacial score (nSPS) is 16.4. The van der Waals surface area contributed by atoms with E-state index in [2.05, 4.69) is 28.2 Å². The summed E-state index contributed by atoms with van der Waals surface area (Å²) in [6.45, 7) is 7.22. The van der Waals surface area contributed by atoms with Crippen LogP contribution in [0.1, 0.15) is 76.3 Å². The van der Waals surface area contributed by atoms with Crippen LogP contribution in [-0.2, 0) is 30.4 Å². The van der Waals surface area contributed by atoms with Crippen LogP contribution in [0.4, 0.5) is 0 Å². The highest BCUT2D eigenvalue weighted by molar-refractivity contribution is 5.94. The molecule has 0 saturated carbocycles. The Labute approximate surface area is 301 Å². The van der Waals surface area contributed by atoms with Crippen molar-refractivity contribution >= 4 is 29.6 Å². The highest BCUT2D eigenvalue weighted by Gasteiger charge is 2.40. The van der Waals surface area contributed by atoms with Crippen molar-refractivity contribution in [3.05, 3.63) is 71.8 Å². The number of carboxylic acids is 1. The molecular weight excluding hydrogens is 650 g/mol. The van der Waals surface area contributed by atoms with Gasteiger partial charge in [-0.3, -0.25) is 24.0 Å². The Balaban J connectivity index is 1.71. The maximum atomic E-state index is 13.9. The van der Waals surface area contributed by atoms with Gasteiger partial charge >= 0.3 is 5.97 Å². The SMILES string of the molecule is CC(C)C[C@@H](NC(=O)C(Cc1ccccc1)NC(=O)CNCC(C)c1ccccc1)C(=O)NC(CCCCN)C(=O)N1CCC(N)(C(=O)O)CC1. The second-order valence-corrected chi connectivity index (χ2v) is 14.1. The molecule has 4 atom stereocenters. The second kappa shape index (κ2) is 20.5. The molecule has 13 heteroatoms. The van der Waals surface area contributed by atoms with Gasteiger partial charge in [0.2, 0.25) is 23.6 Å². The minimum atomic E-state index is -1.40. The Morgan fingerprint density at radius 3 is 2.00 bits per heavy atom. The monoisotopic (exact) mass is 707 g/mol. The van der Waals surface area contributed by atoms with E-state index in [1.54, 1.807) is 0 Å². The molecule has 1 saturated heterocycles. The molecule has 0 spiro atoms. The van der Waals surface area contributed by atoms with Gasteiger partial charge in [-0.1, -0.05) is 81.4 Å². The van der Waals surface area contributed by atoms with E-state index in [4.69, 9.17) is 11.5 Å². The number of unbranched alkanes of at least 4 members (excludes halogenated alkanes) is 1. The summed E-state index contributed by atoms with van der Waals surface area (Å²) in [7, 11) is 0. The lowest BCUT2D eigenvalue weighted by Crippen LogP contribution is -2.60. The number of carboxylic acid groups (broad SMARTS) is 1. The van der Waals surface area contributed by atoms with Crippen molar-refractivity contribution < 1.29 is 29.1 Å². The number of amides is 4. The van der Waals surface area contributed by atoms with Gasteiger partial charge in [-0.05, 0) is 68.0 Å². The lowest BCUT2D eigenvalue weighted by Gasteiger charge is -2.38. The van der Waals surface area contributed by atoms with E-state index in [-0.39, 0.29) is 62.5 Å². The molecule has 280 valence electrons. The standard InChI is InChI=1S/C38H57N7O6/c1-26(2)22-31(34(47)43-30(16-10-11-19-39)36(49)45-20-17-38(40,18-21-45)37(50)51)44-35(48)32(23-28-12-6-4-7-13-28)42-33(46)25-41-24-27(3)29-14-8-5-9-15-29/h4-9,12-15,26-27,30-32,41H,10-11,16-25,39-40H2,1-3H3,(H,42,46)(H,43,47)(H,44,48)(H,50,51)/t27?,30?,31-,32?/m1/s1. The van der Waals surface area contributed by atoms with Crippen LogP contribution < -0.4 is 32.7 Å². The van der Waals surface area contributed by atoms with Crippen LogP contribution in [-0.4, -0.2) is 96.0 Å². The molecule has 1 aliphatic heterocycles. The zero-order chi connectivity index (χ0) is 37.4. The van der Waals surface area contributed by atoms with E-state index in [9.17, 15) is 29.1 Å². The number of aliphatic carboxylic acids is 1. The zero-order valence-corrected chi connectivity index (χ0v) is 30.2. The lowest BCUT2D eigenvalue weighted by atomic mass is 9.88. The largest absolute Gasteiger partial charge is 0.480 e. The second-order valence-electron chi connectivity index (χ2n) is 14.1. The molecule has 0 aromatic heterocycles. The Morgan fingerprint density at radius 2 is 1.41 bits per heavy atom. The third-order valence-electron chi connectivity index (χ3n) is 9.33. The van der Waals surface area contributed by atoms with Gasteiger partial charge in [0.05, 0.1) is 6.54 Å². The van der Waals surface area contributed by atoms with E-state index in [0.29, 0.717) is 38.8 Å². The minimum Gasteiger partial charge on any atom is -0.480 e. The number of likely N-dealkylation sites (tertiary alicyclic amines) is 1. The number of piperidine rings is 1. The summed E-state index contributed by atoms with van der Waals surface area (Å²) < 4.78 is 0. The zero-order valence-electron chi connectivity index (χ0n) is 30.2. The summed E-state index contributed by atoms with van der Waals surface area (Å²) in [4.78, 5) is 67.7. The molecule has 2 aromatic rings. The maximum Gasteiger partial charge on any atom is 0.323 e. The summed E-state index contributed by atoms with van der Waals surface area (Å²) in [6, 6.07) is 16.5. The Morgan fingerprint density at radius 1 is 0.824 bits per heavy atom. The van der Waals surface area contributed by atoms with Gasteiger partial charge in [-0.15, -0.1) is 0 Å². The number of nitrogens with one attached hydrogen (secondary N) is 4. The number of nitrogens with two attached hydrogens (primary N) is 2. The first-order valence-corrected chi connectivity index (χ1v) is 18.0. The summed E-state index contributed by atoms with van der Waals surface area (Å²) in [6.07, 6.45) is 2.27. The van der Waals surface area contributed by atoms with Crippen molar-refractivity contribution in [2.75, 3.05) is 32.7 Å². The molecule has 4 amide bonds. The molecule has 2 aromatic carbocycles. The molecule has 1 heterocycles. The van der Waals surface area contributed by atoms with Gasteiger partial charge in [0.25, 0.3) is 0 Å². The van der Waals surface area contributed by atoms with Crippen molar-refractivity contribution in [2.45, 2.75) is 95.3 Å². The van der Waals surface area contributed by atoms with Crippen molar-refractivity contribution in [1.82, 2.24) is 26.2 Å². The predicted octanol–water partition coefficient (Wildman–Crippen LogP) is 1.66. The third kappa shape index (κ3) is 13.4. The number of carbonyl (C=O) groups is 5. The predicted molar refractivity (Wildman–Crippen MR) is 196 cm³/mol. The minimum absolute atomic E-state index is 0.00643. The molecule has 9 N–H and O–H groups in total. The lowest BCUT2D eigenvalue weighted by molar-refractivity contribution is -0.148. The Kier molecular flexibility index (Phi) is 16.5. The third-order valence-corrected chi connectivity index (χ3v) is 9.33. The fraction of sp³-hybridized carbons (Fsp3) is 0.553. The first kappa shape index (κ1) is 41.1. The summed E-state index contributed by atoms with van der Waals surface area (Å²) in [5, 5.41) is 21.3. The van der Waals surface area contributed by atoms with Crippen LogP contribution in [0.3, 0.4) is 0 Å². The fourth-order valence-electron chi connectivity index (χ4n) is 6.16. The van der Waals surface area contributed by atoms with Gasteiger partial charge in [0.1, 0.15) is 23.7 Å². The highest BCUT2D eigenvalue weighted by atomic mass is 16.4. The molecule has 13 nitrogen and oxygen atoms in total. The summed E-state index contributed by atoms with van der Waals surface area (Å²) in [5.41, 5.74) is 12.3. The molecule has 1 aliphatic rings. The number of hydrogen-bond donors (Lipinski definition) is 7. The van der Waals surface area contributed by atoms with Gasteiger partial charge in [0.15, 0.2) is 0 Å². The van der Waals surface area contributed by atoms with E-state index in [1.165, 1.54) is 4.90 Å². The van der Waals surface area contributed by atoms with Gasteiger partial charge in [-0.2, -0.15) is 0 Å². The molecule has 3 rings (SSSR count). The Bertz CT molecular complexity index is 1420. The first-order chi connectivity index (χ1) is 24.3. The average molecular weight is 708 g/mol. The average Bonchev–Trinajstić information content (AvgIpc) is 3.11. The van der Waals surface area contributed by atoms with Crippen molar-refractivity contribution in [3.8, 4) is 0 Å². The smallest absolute Gasteiger partial charge is 0.323 e. The van der Waals surface area contributed by atoms with Crippen LogP contribution in [0.5, 0.6) is 0 Å². The van der Waals surface area contributed by atoms with Gasteiger partial charge in [-0.25, -0.2) is 0 Å². The fourth-order valence-corrected chi connectivity index (χ4v) is 6.16. The van der Waals surface area contributed by atoms with Crippen LogP contribution in [0.15, 0.2) is 60.7 Å². The molecule has 0 bridgehead atoms. The summed E-state index contributed by atoms with van der Waals surface area (Å²) in [5.74, 6) is -2.62. The summed E-state index contributed by atoms with van der Waals surface area (Å²) >= 11 is 0. The van der Waals surface area contributed by atoms with Crippen LogP contribution in [0.2, 0.25) is 0 Å². The first-order valence-electron chi connectivity index (χ1n) is 18.0. The maximum absolute atomic E-state index is 13.9. The topological polar surface area (TPSA) is 209 Å². The van der Waals surface area contributed by atoms with Gasteiger partial charge < -0.3 is 42.7 Å². The van der Waals surface area contributed by atoms with E-state index in [1.807, 2.05) is 74.5 Å². The molecule has 1 fully saturated rings. The van der Waals surface area contributed by atoms with Crippen LogP contribution >= 0.6 is 0 Å². The van der Waals surface area contributed by atoms with E-state index < -0.39 is 41.4 Å². The quantitative estimate of drug-likeness (QED) is 0.0997. The van der Waals surface area contributed by atoms with Crippen LogP contribution in [0, 0.1) is 5.92 Å². The Hall–Kier alpha value is -4.33. The number of carbonyl (C=O) groups excluding carboxylic acids is 4. The van der Waals surface area contributed by atoms with Crippen molar-refractivity contribution in [2.24, 2.45) is 17.4 Å². The number of benzene rings is 2. The van der Waals surface area contributed by atoms with E-state index >= 15 is 0 Å². The molecule has 0 radical (unpaired) electrons. The van der Waals surface area contributed by atoms with E-state index in [0.717, 1.165) is 11.1 Å². The molecule has 0 aliphatic carbocycles. The molecular formula is C38H57N7O6. The number of rotatable bonds is 20. The highest BCUT2D eigenvalue weighted by Crippen LogP contribution is 2.21. The van der Waals surface area contributed by atoms with Gasteiger partial charge in [0, 0.05) is 26.1 Å². The van der Waals surface area contributed by atoms with Crippen molar-refractivity contribution in [3.63, 3.8) is 0 Å². The van der Waals surface area contributed by atoms with Crippen LogP contribution in [0.25, 0.3) is 0 Å². The molecule has 3 unspecified atom stereocenters. The number of nitrogens with zero attached hydrogens (tertiary/aromatic N) is 1. The number of hydrogen-bond acceptors (Lipinski definition) is 8.